The van der Waals surface area contributed by atoms with E-state index in [-0.39, 0.29) is 0 Å². The molecule has 5 nitrogen and oxygen atoms in total. The molecule has 0 amide bonds. The van der Waals surface area contributed by atoms with E-state index < -0.39 is 10.0 Å². The molecule has 0 spiro atoms. The molecule has 1 aromatic rings. The van der Waals surface area contributed by atoms with Gasteiger partial charge >= 0.3 is 0 Å². The third-order valence-corrected chi connectivity index (χ3v) is 4.89. The standard InChI is InChI=1S/C14H24N2O3S/c1-11(2)15-9-8-12-10-13(19-5)6-7-14(12)20(17,18)16(3)4/h6-7,10-11,15H,8-9H2,1-5H3. The van der Waals surface area contributed by atoms with E-state index in [0.717, 1.165) is 12.1 Å². The van der Waals surface area contributed by atoms with Gasteiger partial charge in [-0.1, -0.05) is 13.8 Å². The van der Waals surface area contributed by atoms with Crippen LogP contribution in [0.2, 0.25) is 0 Å². The van der Waals surface area contributed by atoms with Crippen molar-refractivity contribution in [3.05, 3.63) is 23.8 Å². The third-order valence-electron chi connectivity index (χ3n) is 2.97. The zero-order valence-electron chi connectivity index (χ0n) is 12.8. The van der Waals surface area contributed by atoms with Gasteiger partial charge in [0, 0.05) is 20.1 Å². The minimum atomic E-state index is -3.43. The molecule has 6 heteroatoms. The minimum Gasteiger partial charge on any atom is -0.497 e. The lowest BCUT2D eigenvalue weighted by Gasteiger charge is -2.17. The molecule has 0 aliphatic rings. The van der Waals surface area contributed by atoms with Gasteiger partial charge in [0.2, 0.25) is 10.0 Å². The number of ether oxygens (including phenoxy) is 1. The maximum atomic E-state index is 12.3. The third kappa shape index (κ3) is 4.19. The van der Waals surface area contributed by atoms with Crippen molar-refractivity contribution in [1.29, 1.82) is 0 Å². The van der Waals surface area contributed by atoms with E-state index >= 15 is 0 Å². The molecule has 0 bridgehead atoms. The molecule has 0 aromatic heterocycles. The van der Waals surface area contributed by atoms with Crippen LogP contribution in [0.25, 0.3) is 0 Å². The summed E-state index contributed by atoms with van der Waals surface area (Å²) in [7, 11) is 1.22. The van der Waals surface area contributed by atoms with Gasteiger partial charge in [0.15, 0.2) is 0 Å². The highest BCUT2D eigenvalue weighted by Gasteiger charge is 2.21. The molecule has 0 aliphatic carbocycles. The lowest BCUT2D eigenvalue weighted by atomic mass is 10.1. The molecular weight excluding hydrogens is 276 g/mol. The van der Waals surface area contributed by atoms with Crippen LogP contribution in [0.5, 0.6) is 5.75 Å². The van der Waals surface area contributed by atoms with Crippen molar-refractivity contribution in [1.82, 2.24) is 9.62 Å². The number of hydrogen-bond acceptors (Lipinski definition) is 4. The Morgan fingerprint density at radius 1 is 1.30 bits per heavy atom. The summed E-state index contributed by atoms with van der Waals surface area (Å²) in [4.78, 5) is 0.342. The predicted molar refractivity (Wildman–Crippen MR) is 80.7 cm³/mol. The van der Waals surface area contributed by atoms with Crippen LogP contribution in [0.4, 0.5) is 0 Å². The van der Waals surface area contributed by atoms with Crippen LogP contribution in [0.1, 0.15) is 19.4 Å². The lowest BCUT2D eigenvalue weighted by Crippen LogP contribution is -2.27. The Morgan fingerprint density at radius 3 is 2.45 bits per heavy atom. The Bertz CT molecular complexity index is 539. The average molecular weight is 300 g/mol. The van der Waals surface area contributed by atoms with Gasteiger partial charge in [-0.3, -0.25) is 0 Å². The van der Waals surface area contributed by atoms with Crippen LogP contribution in [0.3, 0.4) is 0 Å². The highest BCUT2D eigenvalue weighted by molar-refractivity contribution is 7.89. The van der Waals surface area contributed by atoms with Crippen molar-refractivity contribution in [3.63, 3.8) is 0 Å². The zero-order valence-corrected chi connectivity index (χ0v) is 13.6. The van der Waals surface area contributed by atoms with Gasteiger partial charge in [-0.05, 0) is 36.7 Å². The predicted octanol–water partition coefficient (Wildman–Crippen LogP) is 1.49. The zero-order chi connectivity index (χ0) is 15.3. The van der Waals surface area contributed by atoms with Crippen LogP contribution < -0.4 is 10.1 Å². The molecule has 0 fully saturated rings. The quantitative estimate of drug-likeness (QED) is 0.829. The van der Waals surface area contributed by atoms with Crippen LogP contribution in [0.15, 0.2) is 23.1 Å². The normalized spacial score (nSPS) is 12.2. The Morgan fingerprint density at radius 2 is 1.95 bits per heavy atom. The number of methoxy groups -OCH3 is 1. The smallest absolute Gasteiger partial charge is 0.242 e. The van der Waals surface area contributed by atoms with Crippen molar-refractivity contribution in [2.45, 2.75) is 31.2 Å². The fraction of sp³-hybridized carbons (Fsp3) is 0.571. The fourth-order valence-electron chi connectivity index (χ4n) is 1.82. The van der Waals surface area contributed by atoms with E-state index in [2.05, 4.69) is 19.2 Å². The minimum absolute atomic E-state index is 0.342. The summed E-state index contributed by atoms with van der Waals surface area (Å²) in [6.45, 7) is 4.84. The summed E-state index contributed by atoms with van der Waals surface area (Å²) >= 11 is 0. The average Bonchev–Trinajstić information content (AvgIpc) is 2.37. The molecule has 0 heterocycles. The van der Waals surface area contributed by atoms with Crippen LogP contribution in [0, 0.1) is 0 Å². The van der Waals surface area contributed by atoms with E-state index in [1.807, 2.05) is 0 Å². The summed E-state index contributed by atoms with van der Waals surface area (Å²) in [6.07, 6.45) is 0.637. The molecule has 0 radical (unpaired) electrons. The van der Waals surface area contributed by atoms with Gasteiger partial charge in [0.1, 0.15) is 5.75 Å². The number of nitrogens with zero attached hydrogens (tertiary/aromatic N) is 1. The van der Waals surface area contributed by atoms with Gasteiger partial charge in [0.25, 0.3) is 0 Å². The van der Waals surface area contributed by atoms with Gasteiger partial charge in [-0.25, -0.2) is 12.7 Å². The molecule has 114 valence electrons. The number of hydrogen-bond donors (Lipinski definition) is 1. The second-order valence-electron chi connectivity index (χ2n) is 5.12. The van der Waals surface area contributed by atoms with Crippen molar-refractivity contribution in [2.75, 3.05) is 27.7 Å². The summed E-state index contributed by atoms with van der Waals surface area (Å²) < 4.78 is 31.0. The first-order valence-electron chi connectivity index (χ1n) is 6.62. The van der Waals surface area contributed by atoms with E-state index in [4.69, 9.17) is 4.74 Å². The van der Waals surface area contributed by atoms with Gasteiger partial charge in [0.05, 0.1) is 12.0 Å². The molecule has 0 saturated carbocycles. The van der Waals surface area contributed by atoms with Gasteiger partial charge in [-0.2, -0.15) is 0 Å². The molecular formula is C14H24N2O3S. The first kappa shape index (κ1) is 16.9. The molecule has 1 rings (SSSR count). The number of nitrogens with one attached hydrogen (secondary N) is 1. The van der Waals surface area contributed by atoms with Crippen molar-refractivity contribution < 1.29 is 13.2 Å². The molecule has 0 aliphatic heterocycles. The van der Waals surface area contributed by atoms with Crippen LogP contribution >= 0.6 is 0 Å². The number of benzene rings is 1. The molecule has 20 heavy (non-hydrogen) atoms. The van der Waals surface area contributed by atoms with Crippen molar-refractivity contribution in [2.24, 2.45) is 0 Å². The SMILES string of the molecule is COc1ccc(S(=O)(=O)N(C)C)c(CCNC(C)C)c1. The van der Waals surface area contributed by atoms with Crippen molar-refractivity contribution in [3.8, 4) is 5.75 Å². The Hall–Kier alpha value is -1.11. The van der Waals surface area contributed by atoms with Crippen molar-refractivity contribution >= 4 is 10.0 Å². The highest BCUT2D eigenvalue weighted by Crippen LogP contribution is 2.24. The van der Waals surface area contributed by atoms with E-state index in [1.165, 1.54) is 18.4 Å². The first-order valence-corrected chi connectivity index (χ1v) is 8.06. The van der Waals surface area contributed by atoms with Gasteiger partial charge in [-0.15, -0.1) is 0 Å². The van der Waals surface area contributed by atoms with E-state index in [1.54, 1.807) is 25.3 Å². The second kappa shape index (κ2) is 7.06. The van der Waals surface area contributed by atoms with Gasteiger partial charge < -0.3 is 10.1 Å². The second-order valence-corrected chi connectivity index (χ2v) is 7.24. The van der Waals surface area contributed by atoms with Crippen LogP contribution in [-0.2, 0) is 16.4 Å². The van der Waals surface area contributed by atoms with E-state index in [0.29, 0.717) is 23.1 Å². The Kier molecular flexibility index (Phi) is 5.98. The maximum absolute atomic E-state index is 12.3. The fourth-order valence-corrected chi connectivity index (χ4v) is 2.95. The highest BCUT2D eigenvalue weighted by atomic mass is 32.2. The molecule has 0 unspecified atom stereocenters. The Labute approximate surface area is 122 Å². The number of rotatable bonds is 7. The maximum Gasteiger partial charge on any atom is 0.242 e. The first-order chi connectivity index (χ1) is 9.28. The summed E-state index contributed by atoms with van der Waals surface area (Å²) in [6, 6.07) is 5.45. The topological polar surface area (TPSA) is 58.6 Å². The molecule has 1 aromatic carbocycles. The molecule has 0 atom stereocenters. The van der Waals surface area contributed by atoms with Crippen LogP contribution in [-0.4, -0.2) is 46.5 Å². The summed E-state index contributed by atoms with van der Waals surface area (Å²) in [5, 5.41) is 3.29. The largest absolute Gasteiger partial charge is 0.497 e. The Balaban J connectivity index is 3.10. The van der Waals surface area contributed by atoms with E-state index in [9.17, 15) is 8.42 Å². The monoisotopic (exact) mass is 300 g/mol. The molecule has 0 saturated heterocycles. The summed E-state index contributed by atoms with van der Waals surface area (Å²) in [5.74, 6) is 0.669. The molecule has 1 N–H and O–H groups in total. The number of sulfonamides is 1. The summed E-state index contributed by atoms with van der Waals surface area (Å²) in [5.41, 5.74) is 0.770. The lowest BCUT2D eigenvalue weighted by molar-refractivity contribution is 0.413.